The van der Waals surface area contributed by atoms with Crippen LogP contribution in [-0.2, 0) is 14.3 Å². The highest BCUT2D eigenvalue weighted by Crippen LogP contribution is 2.12. The number of ether oxygens (including phenoxy) is 2. The van der Waals surface area contributed by atoms with E-state index in [1.54, 1.807) is 38.3 Å². The summed E-state index contributed by atoms with van der Waals surface area (Å²) in [7, 11) is 1.59. The normalized spacial score (nSPS) is 11.4. The van der Waals surface area contributed by atoms with Gasteiger partial charge < -0.3 is 31.6 Å². The van der Waals surface area contributed by atoms with Crippen LogP contribution in [0, 0.1) is 0 Å². The number of carbonyl (C=O) groups is 2. The molecule has 1 atom stereocenters. The van der Waals surface area contributed by atoms with Gasteiger partial charge in [-0.15, -0.1) is 0 Å². The minimum atomic E-state index is -0.677. The highest BCUT2D eigenvalue weighted by atomic mass is 16.5. The number of nitrogens with two attached hydrogens (primary N) is 2. The Morgan fingerprint density at radius 1 is 1.16 bits per heavy atom. The second-order valence-electron chi connectivity index (χ2n) is 5.17. The Morgan fingerprint density at radius 2 is 1.84 bits per heavy atom. The molecular weight excluding hydrogens is 326 g/mol. The van der Waals surface area contributed by atoms with Crippen molar-refractivity contribution >= 4 is 23.5 Å². The molecule has 1 aromatic rings. The molecule has 138 valence electrons. The minimum Gasteiger partial charge on any atom is -0.382 e. The summed E-state index contributed by atoms with van der Waals surface area (Å²) in [5.74, 6) is -0.718. The van der Waals surface area contributed by atoms with Gasteiger partial charge in [0, 0.05) is 19.2 Å². The molecule has 0 heterocycles. The van der Waals surface area contributed by atoms with Gasteiger partial charge in [-0.25, -0.2) is 4.99 Å². The fourth-order valence-electron chi connectivity index (χ4n) is 1.83. The number of hydrogen-bond acceptors (Lipinski definition) is 5. The molecule has 0 unspecified atom stereocenters. The van der Waals surface area contributed by atoms with E-state index in [0.29, 0.717) is 37.6 Å². The molecule has 0 aliphatic rings. The first kappa shape index (κ1) is 20.4. The van der Waals surface area contributed by atoms with Crippen molar-refractivity contribution in [3.8, 4) is 0 Å². The SMILES string of the molecule is COCCOCCNC(=O)[C@H](C)NC(=O)c1ccc(N=C(N)N)cc1. The second-order valence-corrected chi connectivity index (χ2v) is 5.17. The maximum atomic E-state index is 12.1. The minimum absolute atomic E-state index is 0.0614. The molecule has 0 radical (unpaired) electrons. The number of carbonyl (C=O) groups excluding carboxylic acids is 2. The molecule has 0 aliphatic carbocycles. The van der Waals surface area contributed by atoms with Crippen LogP contribution in [0.3, 0.4) is 0 Å². The zero-order chi connectivity index (χ0) is 18.7. The number of aliphatic imine (C=N–C) groups is 1. The molecule has 1 aromatic carbocycles. The molecule has 9 nitrogen and oxygen atoms in total. The lowest BCUT2D eigenvalue weighted by molar-refractivity contribution is -0.122. The second kappa shape index (κ2) is 11.0. The summed E-state index contributed by atoms with van der Waals surface area (Å²) in [5.41, 5.74) is 11.5. The molecule has 0 aromatic heterocycles. The maximum Gasteiger partial charge on any atom is 0.251 e. The highest BCUT2D eigenvalue weighted by molar-refractivity contribution is 5.97. The van der Waals surface area contributed by atoms with E-state index in [9.17, 15) is 9.59 Å². The van der Waals surface area contributed by atoms with Crippen LogP contribution in [0.5, 0.6) is 0 Å². The number of benzene rings is 1. The summed E-state index contributed by atoms with van der Waals surface area (Å²) < 4.78 is 10.1. The zero-order valence-corrected chi connectivity index (χ0v) is 14.5. The van der Waals surface area contributed by atoms with Crippen molar-refractivity contribution in [3.63, 3.8) is 0 Å². The van der Waals surface area contributed by atoms with Crippen LogP contribution < -0.4 is 22.1 Å². The molecule has 0 saturated heterocycles. The molecule has 0 fully saturated rings. The van der Waals surface area contributed by atoms with Gasteiger partial charge in [0.2, 0.25) is 5.91 Å². The van der Waals surface area contributed by atoms with Crippen molar-refractivity contribution in [2.45, 2.75) is 13.0 Å². The van der Waals surface area contributed by atoms with Crippen LogP contribution in [-0.4, -0.2) is 57.3 Å². The Morgan fingerprint density at radius 3 is 2.44 bits per heavy atom. The Balaban J connectivity index is 2.39. The van der Waals surface area contributed by atoms with E-state index in [4.69, 9.17) is 20.9 Å². The number of hydrogen-bond donors (Lipinski definition) is 4. The van der Waals surface area contributed by atoms with E-state index in [2.05, 4.69) is 15.6 Å². The van der Waals surface area contributed by atoms with Crippen molar-refractivity contribution in [1.29, 1.82) is 0 Å². The molecule has 9 heteroatoms. The summed E-state index contributed by atoms with van der Waals surface area (Å²) in [5, 5.41) is 5.30. The van der Waals surface area contributed by atoms with Crippen molar-refractivity contribution < 1.29 is 19.1 Å². The van der Waals surface area contributed by atoms with Crippen LogP contribution in [0.15, 0.2) is 29.3 Å². The van der Waals surface area contributed by atoms with E-state index >= 15 is 0 Å². The van der Waals surface area contributed by atoms with E-state index in [-0.39, 0.29) is 17.8 Å². The fourth-order valence-corrected chi connectivity index (χ4v) is 1.83. The van der Waals surface area contributed by atoms with Gasteiger partial charge >= 0.3 is 0 Å². The van der Waals surface area contributed by atoms with Gasteiger partial charge in [0.05, 0.1) is 25.5 Å². The van der Waals surface area contributed by atoms with Crippen LogP contribution in [0.4, 0.5) is 5.69 Å². The number of nitrogens with zero attached hydrogens (tertiary/aromatic N) is 1. The molecule has 2 amide bonds. The average Bonchev–Trinajstić information content (AvgIpc) is 2.57. The van der Waals surface area contributed by atoms with Gasteiger partial charge in [-0.1, -0.05) is 0 Å². The quantitative estimate of drug-likeness (QED) is 0.254. The van der Waals surface area contributed by atoms with Gasteiger partial charge in [-0.2, -0.15) is 0 Å². The Labute approximate surface area is 146 Å². The first-order valence-electron chi connectivity index (χ1n) is 7.79. The first-order valence-corrected chi connectivity index (χ1v) is 7.79. The zero-order valence-electron chi connectivity index (χ0n) is 14.5. The molecule has 0 saturated carbocycles. The molecule has 6 N–H and O–H groups in total. The number of nitrogens with one attached hydrogen (secondary N) is 2. The van der Waals surface area contributed by atoms with Crippen molar-refractivity contribution in [2.75, 3.05) is 33.5 Å². The number of amides is 2. The third kappa shape index (κ3) is 8.13. The Hall–Kier alpha value is -2.65. The topological polar surface area (TPSA) is 141 Å². The third-order valence-electron chi connectivity index (χ3n) is 3.11. The van der Waals surface area contributed by atoms with Gasteiger partial charge in [0.1, 0.15) is 6.04 Å². The van der Waals surface area contributed by atoms with E-state index in [1.807, 2.05) is 0 Å². The lowest BCUT2D eigenvalue weighted by atomic mass is 10.2. The molecule has 1 rings (SSSR count). The van der Waals surface area contributed by atoms with Gasteiger partial charge in [0.25, 0.3) is 5.91 Å². The number of guanidine groups is 1. The molecule has 25 heavy (non-hydrogen) atoms. The van der Waals surface area contributed by atoms with Crippen LogP contribution >= 0.6 is 0 Å². The molecular formula is C16H25N5O4. The lowest BCUT2D eigenvalue weighted by Crippen LogP contribution is -2.45. The highest BCUT2D eigenvalue weighted by Gasteiger charge is 2.16. The van der Waals surface area contributed by atoms with Gasteiger partial charge in [-0.3, -0.25) is 9.59 Å². The maximum absolute atomic E-state index is 12.1. The number of rotatable bonds is 10. The molecule has 0 bridgehead atoms. The predicted molar refractivity (Wildman–Crippen MR) is 94.5 cm³/mol. The third-order valence-corrected chi connectivity index (χ3v) is 3.11. The van der Waals surface area contributed by atoms with E-state index < -0.39 is 6.04 Å². The van der Waals surface area contributed by atoms with Crippen LogP contribution in [0.2, 0.25) is 0 Å². The predicted octanol–water partition coefficient (Wildman–Crippen LogP) is -0.511. The van der Waals surface area contributed by atoms with E-state index in [0.717, 1.165) is 0 Å². The standard InChI is InChI=1S/C16H25N5O4/c1-11(14(22)19-7-8-25-10-9-24-2)20-15(23)12-3-5-13(6-4-12)21-16(17)18/h3-6,11H,7-10H2,1-2H3,(H,19,22)(H,20,23)(H4,17,18,21)/t11-/m0/s1. The first-order chi connectivity index (χ1) is 11.9. The van der Waals surface area contributed by atoms with Crippen molar-refractivity contribution in [1.82, 2.24) is 10.6 Å². The van der Waals surface area contributed by atoms with Crippen molar-refractivity contribution in [3.05, 3.63) is 29.8 Å². The van der Waals surface area contributed by atoms with Crippen LogP contribution in [0.25, 0.3) is 0 Å². The summed E-state index contributed by atoms with van der Waals surface area (Å²) in [6.45, 7) is 3.31. The van der Waals surface area contributed by atoms with Gasteiger partial charge in [-0.05, 0) is 31.2 Å². The summed E-state index contributed by atoms with van der Waals surface area (Å²) in [6, 6.07) is 5.69. The van der Waals surface area contributed by atoms with E-state index in [1.165, 1.54) is 0 Å². The molecule has 0 aliphatic heterocycles. The average molecular weight is 351 g/mol. The number of methoxy groups -OCH3 is 1. The fraction of sp³-hybridized carbons (Fsp3) is 0.438. The van der Waals surface area contributed by atoms with Gasteiger partial charge in [0.15, 0.2) is 5.96 Å². The molecule has 0 spiro atoms. The largest absolute Gasteiger partial charge is 0.382 e. The monoisotopic (exact) mass is 351 g/mol. The summed E-state index contributed by atoms with van der Waals surface area (Å²) >= 11 is 0. The smallest absolute Gasteiger partial charge is 0.251 e. The van der Waals surface area contributed by atoms with Crippen molar-refractivity contribution in [2.24, 2.45) is 16.5 Å². The Bertz CT molecular complexity index is 585. The Kier molecular flexibility index (Phi) is 8.97. The lowest BCUT2D eigenvalue weighted by Gasteiger charge is -2.14. The summed E-state index contributed by atoms with van der Waals surface area (Å²) in [4.78, 5) is 27.9. The summed E-state index contributed by atoms with van der Waals surface area (Å²) in [6.07, 6.45) is 0. The van der Waals surface area contributed by atoms with Crippen LogP contribution in [0.1, 0.15) is 17.3 Å².